The molecule has 0 fully saturated rings. The van der Waals surface area contributed by atoms with Gasteiger partial charge in [0.2, 0.25) is 11.7 Å². The monoisotopic (exact) mass is 399 g/mol. The first-order valence-corrected chi connectivity index (χ1v) is 8.98. The van der Waals surface area contributed by atoms with Gasteiger partial charge in [-0.3, -0.25) is 14.4 Å². The zero-order chi connectivity index (χ0) is 21.2. The molecule has 0 saturated heterocycles. The van der Waals surface area contributed by atoms with Crippen LogP contribution in [0.25, 0.3) is 6.08 Å². The summed E-state index contributed by atoms with van der Waals surface area (Å²) in [6.07, 6.45) is 1.91. The molecule has 2 rings (SSSR count). The molecule has 2 aromatic carbocycles. The van der Waals surface area contributed by atoms with Gasteiger partial charge in [0.15, 0.2) is 6.10 Å². The fourth-order valence-corrected chi connectivity index (χ4v) is 2.39. The summed E-state index contributed by atoms with van der Waals surface area (Å²) >= 11 is 0. The Hall–Kier alpha value is -3.48. The normalized spacial score (nSPS) is 11.7. The number of carbonyl (C=O) groups excluding carboxylic acids is 3. The number of esters is 1. The van der Waals surface area contributed by atoms with Crippen LogP contribution in [0.4, 0.5) is 4.39 Å². The zero-order valence-corrected chi connectivity index (χ0v) is 16.2. The molecule has 152 valence electrons. The van der Waals surface area contributed by atoms with Gasteiger partial charge < -0.3 is 14.8 Å². The molecule has 6 nitrogen and oxygen atoms in total. The van der Waals surface area contributed by atoms with Gasteiger partial charge in [-0.1, -0.05) is 12.1 Å². The van der Waals surface area contributed by atoms with E-state index in [0.29, 0.717) is 0 Å². The molecule has 1 N–H and O–H groups in total. The molecule has 0 spiro atoms. The topological polar surface area (TPSA) is 81.7 Å². The lowest BCUT2D eigenvalue weighted by Gasteiger charge is -2.12. The molecule has 0 aliphatic heterocycles. The number of nitrogens with one attached hydrogen (secondary N) is 1. The molecule has 0 radical (unpaired) electrons. The largest absolute Gasteiger partial charge is 0.497 e. The molecule has 0 aliphatic carbocycles. The zero-order valence-electron chi connectivity index (χ0n) is 16.2. The van der Waals surface area contributed by atoms with E-state index in [1.807, 2.05) is 0 Å². The van der Waals surface area contributed by atoms with E-state index in [1.165, 1.54) is 25.1 Å². The third-order valence-corrected chi connectivity index (χ3v) is 3.98. The highest BCUT2D eigenvalue weighted by molar-refractivity contribution is 6.00. The number of ketones is 1. The fourth-order valence-electron chi connectivity index (χ4n) is 2.39. The van der Waals surface area contributed by atoms with Crippen LogP contribution in [0.2, 0.25) is 0 Å². The summed E-state index contributed by atoms with van der Waals surface area (Å²) in [6.45, 7) is 1.52. The lowest BCUT2D eigenvalue weighted by molar-refractivity contribution is -0.146. The molecular formula is C22H22FNO5. The molecule has 2 aromatic rings. The Balaban J connectivity index is 1.72. The predicted molar refractivity (Wildman–Crippen MR) is 106 cm³/mol. The number of halogens is 1. The number of carbonyl (C=O) groups is 3. The summed E-state index contributed by atoms with van der Waals surface area (Å²) in [5, 5.41) is 2.57. The Morgan fingerprint density at radius 1 is 1.07 bits per heavy atom. The van der Waals surface area contributed by atoms with Crippen molar-refractivity contribution in [3.8, 4) is 5.75 Å². The average Bonchev–Trinajstić information content (AvgIpc) is 2.72. The molecular weight excluding hydrogens is 377 g/mol. The first-order valence-electron chi connectivity index (χ1n) is 8.98. The number of benzene rings is 2. The number of hydrogen-bond donors (Lipinski definition) is 1. The van der Waals surface area contributed by atoms with E-state index >= 15 is 0 Å². The molecule has 7 heteroatoms. The highest BCUT2D eigenvalue weighted by atomic mass is 19.1. The quantitative estimate of drug-likeness (QED) is 0.398. The Morgan fingerprint density at radius 2 is 1.72 bits per heavy atom. The molecule has 0 bridgehead atoms. The average molecular weight is 399 g/mol. The van der Waals surface area contributed by atoms with Crippen LogP contribution in [0, 0.1) is 5.82 Å². The molecule has 0 aromatic heterocycles. The Labute approximate surface area is 168 Å². The van der Waals surface area contributed by atoms with Crippen molar-refractivity contribution in [3.05, 3.63) is 71.6 Å². The van der Waals surface area contributed by atoms with E-state index in [4.69, 9.17) is 9.47 Å². The maximum absolute atomic E-state index is 12.9. The highest BCUT2D eigenvalue weighted by Crippen LogP contribution is 2.12. The SMILES string of the molecule is COc1ccc(/C=C/C(=O)NCCC(=O)O[C@@H](C)C(=O)c2ccc(F)cc2)cc1. The molecule has 1 amide bonds. The maximum atomic E-state index is 12.9. The van der Waals surface area contributed by atoms with Gasteiger partial charge in [-0.25, -0.2) is 4.39 Å². The number of hydrogen-bond acceptors (Lipinski definition) is 5. The van der Waals surface area contributed by atoms with Gasteiger partial charge in [-0.05, 0) is 55.0 Å². The van der Waals surface area contributed by atoms with Crippen molar-refractivity contribution in [1.29, 1.82) is 0 Å². The van der Waals surface area contributed by atoms with Crippen molar-refractivity contribution < 1.29 is 28.2 Å². The van der Waals surface area contributed by atoms with E-state index in [2.05, 4.69) is 5.32 Å². The van der Waals surface area contributed by atoms with E-state index < -0.39 is 23.7 Å². The van der Waals surface area contributed by atoms with Gasteiger partial charge in [0, 0.05) is 18.2 Å². The summed E-state index contributed by atoms with van der Waals surface area (Å²) in [4.78, 5) is 35.8. The molecule has 0 aliphatic rings. The second-order valence-corrected chi connectivity index (χ2v) is 6.15. The van der Waals surface area contributed by atoms with E-state index in [9.17, 15) is 18.8 Å². The van der Waals surface area contributed by atoms with Gasteiger partial charge in [-0.15, -0.1) is 0 Å². The van der Waals surface area contributed by atoms with E-state index in [-0.39, 0.29) is 24.4 Å². The second-order valence-electron chi connectivity index (χ2n) is 6.15. The van der Waals surface area contributed by atoms with Crippen molar-refractivity contribution in [2.24, 2.45) is 0 Å². The Bertz CT molecular complexity index is 875. The first-order chi connectivity index (χ1) is 13.9. The lowest BCUT2D eigenvalue weighted by atomic mass is 10.1. The van der Waals surface area contributed by atoms with Crippen LogP contribution < -0.4 is 10.1 Å². The summed E-state index contributed by atoms with van der Waals surface area (Å²) in [5.74, 6) is -1.14. The third-order valence-electron chi connectivity index (χ3n) is 3.98. The molecule has 0 heterocycles. The van der Waals surface area contributed by atoms with Gasteiger partial charge in [0.25, 0.3) is 0 Å². The standard InChI is InChI=1S/C22H22FNO5/c1-15(22(27)17-6-8-18(23)9-7-17)29-21(26)13-14-24-20(25)12-5-16-3-10-19(28-2)11-4-16/h3-12,15H,13-14H2,1-2H3,(H,24,25)/b12-5+/t15-/m0/s1. The number of Topliss-reactive ketones (excluding diaryl/α,β-unsaturated/α-hetero) is 1. The number of amides is 1. The van der Waals surface area contributed by atoms with Crippen molar-refractivity contribution in [2.45, 2.75) is 19.4 Å². The van der Waals surface area contributed by atoms with Crippen LogP contribution in [-0.2, 0) is 14.3 Å². The third kappa shape index (κ3) is 7.21. The summed E-state index contributed by atoms with van der Waals surface area (Å²) in [6, 6.07) is 12.2. The minimum absolute atomic E-state index is 0.0715. The fraction of sp³-hybridized carbons (Fsp3) is 0.227. The Morgan fingerprint density at radius 3 is 2.34 bits per heavy atom. The number of ether oxygens (including phenoxy) is 2. The summed E-state index contributed by atoms with van der Waals surface area (Å²) in [5.41, 5.74) is 1.08. The van der Waals surface area contributed by atoms with Crippen molar-refractivity contribution >= 4 is 23.7 Å². The minimum atomic E-state index is -1.00. The van der Waals surface area contributed by atoms with Crippen LogP contribution in [0.5, 0.6) is 5.75 Å². The van der Waals surface area contributed by atoms with Gasteiger partial charge in [-0.2, -0.15) is 0 Å². The first kappa shape index (κ1) is 21.8. The van der Waals surface area contributed by atoms with Crippen LogP contribution in [0.1, 0.15) is 29.3 Å². The lowest BCUT2D eigenvalue weighted by Crippen LogP contribution is -2.28. The number of methoxy groups -OCH3 is 1. The van der Waals surface area contributed by atoms with Crippen LogP contribution in [0.15, 0.2) is 54.6 Å². The van der Waals surface area contributed by atoms with E-state index in [0.717, 1.165) is 23.4 Å². The second kappa shape index (κ2) is 10.8. The molecule has 0 saturated carbocycles. The minimum Gasteiger partial charge on any atom is -0.497 e. The van der Waals surface area contributed by atoms with Gasteiger partial charge in [0.05, 0.1) is 13.5 Å². The van der Waals surface area contributed by atoms with Gasteiger partial charge in [0.1, 0.15) is 11.6 Å². The molecule has 0 unspecified atom stereocenters. The van der Waals surface area contributed by atoms with Gasteiger partial charge >= 0.3 is 5.97 Å². The van der Waals surface area contributed by atoms with Crippen molar-refractivity contribution in [3.63, 3.8) is 0 Å². The van der Waals surface area contributed by atoms with E-state index in [1.54, 1.807) is 37.5 Å². The maximum Gasteiger partial charge on any atom is 0.308 e. The van der Waals surface area contributed by atoms with Crippen LogP contribution >= 0.6 is 0 Å². The van der Waals surface area contributed by atoms with Crippen LogP contribution in [-0.4, -0.2) is 37.4 Å². The predicted octanol–water partition coefficient (Wildman–Crippen LogP) is 3.17. The summed E-state index contributed by atoms with van der Waals surface area (Å²) < 4.78 is 23.0. The highest BCUT2D eigenvalue weighted by Gasteiger charge is 2.19. The van der Waals surface area contributed by atoms with Crippen molar-refractivity contribution in [2.75, 3.05) is 13.7 Å². The summed E-state index contributed by atoms with van der Waals surface area (Å²) in [7, 11) is 1.57. The smallest absolute Gasteiger partial charge is 0.308 e. The van der Waals surface area contributed by atoms with Crippen molar-refractivity contribution in [1.82, 2.24) is 5.32 Å². The number of rotatable bonds is 9. The molecule has 29 heavy (non-hydrogen) atoms. The molecule has 1 atom stereocenters. The Kier molecular flexibility index (Phi) is 8.09. The van der Waals surface area contributed by atoms with Crippen LogP contribution in [0.3, 0.4) is 0 Å².